The van der Waals surface area contributed by atoms with Gasteiger partial charge < -0.3 is 24.7 Å². The second-order valence-electron chi connectivity index (χ2n) is 6.58. The topological polar surface area (TPSA) is 115 Å². The number of nitriles is 1. The molecule has 1 aromatic heterocycles. The van der Waals surface area contributed by atoms with Gasteiger partial charge in [-0.2, -0.15) is 5.26 Å². The Kier molecular flexibility index (Phi) is 4.94. The molecule has 8 heteroatoms. The number of nitrogens with two attached hydrogens (primary N) is 1. The van der Waals surface area contributed by atoms with Gasteiger partial charge in [-0.1, -0.05) is 18.2 Å². The lowest BCUT2D eigenvalue weighted by atomic mass is 9.82. The molecule has 4 rings (SSSR count). The SMILES string of the molecule is COc1cccc(-c2[nH]nc3c2C(c2ccc(OC)cc2OC)C(C#N)=C(N)O3)c1. The van der Waals surface area contributed by atoms with Crippen LogP contribution >= 0.6 is 0 Å². The van der Waals surface area contributed by atoms with E-state index >= 15 is 0 Å². The lowest BCUT2D eigenvalue weighted by molar-refractivity contribution is 0.373. The van der Waals surface area contributed by atoms with E-state index in [9.17, 15) is 5.26 Å². The summed E-state index contributed by atoms with van der Waals surface area (Å²) in [5.41, 5.74) is 9.31. The number of ether oxygens (including phenoxy) is 4. The Morgan fingerprint density at radius 1 is 1.07 bits per heavy atom. The number of aromatic amines is 1. The third-order valence-electron chi connectivity index (χ3n) is 5.05. The van der Waals surface area contributed by atoms with Gasteiger partial charge in [0.1, 0.15) is 28.9 Å². The van der Waals surface area contributed by atoms with Crippen LogP contribution in [0, 0.1) is 11.3 Å². The summed E-state index contributed by atoms with van der Waals surface area (Å²) in [5.74, 6) is 1.68. The van der Waals surface area contributed by atoms with Crippen LogP contribution < -0.4 is 24.7 Å². The van der Waals surface area contributed by atoms with Gasteiger partial charge in [-0.25, -0.2) is 0 Å². The summed E-state index contributed by atoms with van der Waals surface area (Å²) in [6, 6.07) is 15.1. The van der Waals surface area contributed by atoms with Gasteiger partial charge in [-0.05, 0) is 18.2 Å². The maximum atomic E-state index is 9.88. The second kappa shape index (κ2) is 7.72. The Morgan fingerprint density at radius 3 is 2.53 bits per heavy atom. The first kappa shape index (κ1) is 19.2. The molecule has 1 aliphatic heterocycles. The maximum Gasteiger partial charge on any atom is 0.244 e. The van der Waals surface area contributed by atoms with Crippen LogP contribution in [0.4, 0.5) is 0 Å². The van der Waals surface area contributed by atoms with Gasteiger partial charge in [0.15, 0.2) is 0 Å². The number of rotatable bonds is 5. The summed E-state index contributed by atoms with van der Waals surface area (Å²) in [6.45, 7) is 0. The molecule has 0 bridgehead atoms. The van der Waals surface area contributed by atoms with Crippen molar-refractivity contribution in [2.45, 2.75) is 5.92 Å². The highest BCUT2D eigenvalue weighted by atomic mass is 16.5. The lowest BCUT2D eigenvalue weighted by Crippen LogP contribution is -2.21. The molecule has 0 radical (unpaired) electrons. The summed E-state index contributed by atoms with van der Waals surface area (Å²) in [5, 5.41) is 17.2. The zero-order valence-corrected chi connectivity index (χ0v) is 16.7. The summed E-state index contributed by atoms with van der Waals surface area (Å²) in [4.78, 5) is 0. The van der Waals surface area contributed by atoms with Crippen molar-refractivity contribution in [2.24, 2.45) is 5.73 Å². The molecule has 1 aliphatic rings. The number of hydrogen-bond acceptors (Lipinski definition) is 7. The van der Waals surface area contributed by atoms with E-state index in [0.29, 0.717) is 34.4 Å². The van der Waals surface area contributed by atoms with E-state index in [0.717, 1.165) is 11.1 Å². The minimum atomic E-state index is -0.542. The molecule has 0 spiro atoms. The van der Waals surface area contributed by atoms with Crippen LogP contribution in [-0.4, -0.2) is 31.5 Å². The number of benzene rings is 2. The van der Waals surface area contributed by atoms with E-state index in [4.69, 9.17) is 24.7 Å². The van der Waals surface area contributed by atoms with Crippen molar-refractivity contribution >= 4 is 0 Å². The summed E-state index contributed by atoms with van der Waals surface area (Å²) in [6.07, 6.45) is 0. The zero-order chi connectivity index (χ0) is 21.3. The Bertz CT molecular complexity index is 1180. The van der Waals surface area contributed by atoms with Crippen LogP contribution in [0.5, 0.6) is 23.1 Å². The van der Waals surface area contributed by atoms with Crippen molar-refractivity contribution in [2.75, 3.05) is 21.3 Å². The number of fused-ring (bicyclic) bond motifs is 1. The van der Waals surface area contributed by atoms with Gasteiger partial charge in [0.2, 0.25) is 11.8 Å². The number of aromatic nitrogens is 2. The fourth-order valence-electron chi connectivity index (χ4n) is 3.61. The Hall–Kier alpha value is -4.12. The largest absolute Gasteiger partial charge is 0.497 e. The average Bonchev–Trinajstić information content (AvgIpc) is 3.21. The first-order valence-electron chi connectivity index (χ1n) is 9.13. The number of methoxy groups -OCH3 is 3. The van der Waals surface area contributed by atoms with Crippen molar-refractivity contribution in [3.05, 3.63) is 65.0 Å². The molecule has 0 amide bonds. The van der Waals surface area contributed by atoms with Gasteiger partial charge in [0, 0.05) is 17.2 Å². The molecule has 1 atom stereocenters. The van der Waals surface area contributed by atoms with Crippen molar-refractivity contribution in [1.82, 2.24) is 10.2 Å². The molecule has 0 saturated heterocycles. The highest BCUT2D eigenvalue weighted by molar-refractivity contribution is 5.72. The Morgan fingerprint density at radius 2 is 1.83 bits per heavy atom. The van der Waals surface area contributed by atoms with E-state index in [1.807, 2.05) is 36.4 Å². The van der Waals surface area contributed by atoms with E-state index in [1.54, 1.807) is 27.4 Å². The fourth-order valence-corrected chi connectivity index (χ4v) is 3.61. The third-order valence-corrected chi connectivity index (χ3v) is 5.05. The van der Waals surface area contributed by atoms with Crippen LogP contribution in [0.25, 0.3) is 11.3 Å². The van der Waals surface area contributed by atoms with E-state index < -0.39 is 5.92 Å². The molecule has 1 unspecified atom stereocenters. The summed E-state index contributed by atoms with van der Waals surface area (Å²) >= 11 is 0. The number of H-pyrrole nitrogens is 1. The van der Waals surface area contributed by atoms with E-state index in [-0.39, 0.29) is 11.5 Å². The Labute approximate surface area is 173 Å². The minimum absolute atomic E-state index is 0.0107. The molecule has 0 aliphatic carbocycles. The van der Waals surface area contributed by atoms with Gasteiger partial charge in [-0.3, -0.25) is 5.10 Å². The molecule has 0 saturated carbocycles. The van der Waals surface area contributed by atoms with Crippen LogP contribution in [0.1, 0.15) is 17.0 Å². The quantitative estimate of drug-likeness (QED) is 0.670. The molecule has 3 N–H and O–H groups in total. The van der Waals surface area contributed by atoms with Crippen molar-refractivity contribution in [3.8, 4) is 40.5 Å². The van der Waals surface area contributed by atoms with Crippen LogP contribution in [-0.2, 0) is 0 Å². The van der Waals surface area contributed by atoms with Crippen LogP contribution in [0.2, 0.25) is 0 Å². The van der Waals surface area contributed by atoms with Gasteiger partial charge in [-0.15, -0.1) is 5.10 Å². The smallest absolute Gasteiger partial charge is 0.244 e. The molecular weight excluding hydrogens is 384 g/mol. The lowest BCUT2D eigenvalue weighted by Gasteiger charge is -2.25. The molecule has 152 valence electrons. The summed E-state index contributed by atoms with van der Waals surface area (Å²) < 4.78 is 21.9. The van der Waals surface area contributed by atoms with Gasteiger partial charge in [0.05, 0.1) is 38.5 Å². The molecule has 2 aromatic carbocycles. The maximum absolute atomic E-state index is 9.88. The van der Waals surface area contributed by atoms with Crippen molar-refractivity contribution in [1.29, 1.82) is 5.26 Å². The standard InChI is InChI=1S/C22H20N4O4/c1-27-13-6-4-5-12(9-13)20-19-18(15-8-7-14(28-2)10-17(15)29-3)16(11-23)21(24)30-22(19)26-25-20/h4-10,18H,24H2,1-3H3,(H,25,26). The molecule has 8 nitrogen and oxygen atoms in total. The molecule has 2 heterocycles. The predicted molar refractivity (Wildman–Crippen MR) is 109 cm³/mol. The van der Waals surface area contributed by atoms with E-state index in [2.05, 4.69) is 16.3 Å². The molecule has 30 heavy (non-hydrogen) atoms. The first-order valence-corrected chi connectivity index (χ1v) is 9.13. The van der Waals surface area contributed by atoms with Crippen molar-refractivity contribution in [3.63, 3.8) is 0 Å². The predicted octanol–water partition coefficient (Wildman–Crippen LogP) is 3.32. The first-order chi connectivity index (χ1) is 14.6. The van der Waals surface area contributed by atoms with Crippen LogP contribution in [0.3, 0.4) is 0 Å². The average molecular weight is 404 g/mol. The Balaban J connectivity index is 1.96. The third kappa shape index (κ3) is 3.06. The summed E-state index contributed by atoms with van der Waals surface area (Å²) in [7, 11) is 4.75. The van der Waals surface area contributed by atoms with Gasteiger partial charge >= 0.3 is 0 Å². The molecular formula is C22H20N4O4. The minimum Gasteiger partial charge on any atom is -0.497 e. The van der Waals surface area contributed by atoms with Gasteiger partial charge in [0.25, 0.3) is 0 Å². The van der Waals surface area contributed by atoms with E-state index in [1.165, 1.54) is 0 Å². The van der Waals surface area contributed by atoms with Crippen LogP contribution in [0.15, 0.2) is 53.9 Å². The van der Waals surface area contributed by atoms with Crippen molar-refractivity contribution < 1.29 is 18.9 Å². The normalized spacial score (nSPS) is 15.1. The second-order valence-corrected chi connectivity index (χ2v) is 6.58. The monoisotopic (exact) mass is 404 g/mol. The zero-order valence-electron chi connectivity index (χ0n) is 16.7. The molecule has 3 aromatic rings. The number of nitrogens with one attached hydrogen (secondary N) is 1. The highest BCUT2D eigenvalue weighted by Gasteiger charge is 2.37. The molecule has 0 fully saturated rings. The number of nitrogens with zero attached hydrogens (tertiary/aromatic N) is 2. The number of allylic oxidation sites excluding steroid dienone is 1. The fraction of sp³-hybridized carbons (Fsp3) is 0.182. The highest BCUT2D eigenvalue weighted by Crippen LogP contribution is 2.48. The number of hydrogen-bond donors (Lipinski definition) is 2.